The first-order chi connectivity index (χ1) is 20.1. The van der Waals surface area contributed by atoms with Gasteiger partial charge in [0.15, 0.2) is 5.82 Å². The van der Waals surface area contributed by atoms with Gasteiger partial charge >= 0.3 is 6.36 Å². The largest absolute Gasteiger partial charge is 0.573 e. The zero-order valence-corrected chi connectivity index (χ0v) is 22.8. The molecule has 0 saturated carbocycles. The van der Waals surface area contributed by atoms with Crippen LogP contribution in [0.15, 0.2) is 72.9 Å². The van der Waals surface area contributed by atoms with Gasteiger partial charge in [-0.2, -0.15) is 0 Å². The van der Waals surface area contributed by atoms with Crippen LogP contribution in [0, 0.1) is 12.7 Å². The Morgan fingerprint density at radius 3 is 2.38 bits per heavy atom. The van der Waals surface area contributed by atoms with Crippen molar-refractivity contribution >= 4 is 23.2 Å². The number of hydrogen-bond donors (Lipinski definition) is 2. The van der Waals surface area contributed by atoms with Crippen LogP contribution in [-0.4, -0.2) is 40.2 Å². The van der Waals surface area contributed by atoms with Crippen LogP contribution < -0.4 is 15.4 Å². The highest BCUT2D eigenvalue weighted by molar-refractivity contribution is 6.04. The van der Waals surface area contributed by atoms with Crippen molar-refractivity contribution in [1.82, 2.24) is 14.9 Å². The lowest BCUT2D eigenvalue weighted by Crippen LogP contribution is -2.29. The van der Waals surface area contributed by atoms with E-state index in [-0.39, 0.29) is 23.1 Å². The SMILES string of the molecule is Cc1ccc(CN2CCCCC2)cc1NC(=O)c1ccc(Nc2ncc(F)c(-c3ccc(OC(F)(F)F)cc3)n2)cc1. The molecule has 1 saturated heterocycles. The molecule has 0 bridgehead atoms. The number of nitrogens with one attached hydrogen (secondary N) is 2. The van der Waals surface area contributed by atoms with E-state index in [9.17, 15) is 22.4 Å². The lowest BCUT2D eigenvalue weighted by molar-refractivity contribution is -0.274. The molecule has 4 aromatic rings. The minimum atomic E-state index is -4.83. The van der Waals surface area contributed by atoms with Crippen LogP contribution >= 0.6 is 0 Å². The first kappa shape index (κ1) is 29.0. The Balaban J connectivity index is 1.23. The maximum absolute atomic E-state index is 14.4. The van der Waals surface area contributed by atoms with E-state index in [1.54, 1.807) is 24.3 Å². The molecule has 1 fully saturated rings. The molecule has 11 heteroatoms. The number of rotatable bonds is 8. The van der Waals surface area contributed by atoms with E-state index in [1.165, 1.54) is 31.4 Å². The van der Waals surface area contributed by atoms with Crippen LogP contribution in [0.25, 0.3) is 11.3 Å². The molecule has 7 nitrogen and oxygen atoms in total. The zero-order chi connectivity index (χ0) is 29.7. The van der Waals surface area contributed by atoms with Crippen LogP contribution in [-0.2, 0) is 6.54 Å². The number of alkyl halides is 3. The van der Waals surface area contributed by atoms with E-state index in [1.807, 2.05) is 19.1 Å². The molecule has 1 amide bonds. The number of nitrogens with zero attached hydrogens (tertiary/aromatic N) is 3. The summed E-state index contributed by atoms with van der Waals surface area (Å²) in [5.74, 6) is -1.35. The summed E-state index contributed by atoms with van der Waals surface area (Å²) < 4.78 is 55.6. The normalized spacial score (nSPS) is 13.9. The number of ether oxygens (including phenoxy) is 1. The molecule has 0 unspecified atom stereocenters. The van der Waals surface area contributed by atoms with E-state index < -0.39 is 17.9 Å². The van der Waals surface area contributed by atoms with Gasteiger partial charge in [-0.15, -0.1) is 13.2 Å². The van der Waals surface area contributed by atoms with Gasteiger partial charge in [-0.05, 0) is 98.6 Å². The summed E-state index contributed by atoms with van der Waals surface area (Å²) in [6.07, 6.45) is -0.154. The molecule has 0 spiro atoms. The molecule has 0 radical (unpaired) electrons. The fourth-order valence-corrected chi connectivity index (χ4v) is 4.75. The molecule has 0 atom stereocenters. The fourth-order valence-electron chi connectivity index (χ4n) is 4.75. The highest BCUT2D eigenvalue weighted by atomic mass is 19.4. The number of benzene rings is 3. The Bertz CT molecular complexity index is 1540. The van der Waals surface area contributed by atoms with Gasteiger partial charge in [-0.25, -0.2) is 14.4 Å². The molecule has 218 valence electrons. The second kappa shape index (κ2) is 12.6. The summed E-state index contributed by atoms with van der Waals surface area (Å²) in [6.45, 7) is 4.99. The van der Waals surface area contributed by atoms with Crippen molar-refractivity contribution in [2.75, 3.05) is 23.7 Å². The molecule has 5 rings (SSSR count). The predicted molar refractivity (Wildman–Crippen MR) is 152 cm³/mol. The summed E-state index contributed by atoms with van der Waals surface area (Å²) in [7, 11) is 0. The summed E-state index contributed by atoms with van der Waals surface area (Å²) in [6, 6.07) is 17.5. The van der Waals surface area contributed by atoms with Crippen LogP contribution in [0.5, 0.6) is 5.75 Å². The monoisotopic (exact) mass is 579 g/mol. The molecule has 1 aliphatic rings. The van der Waals surface area contributed by atoms with Crippen molar-refractivity contribution in [1.29, 1.82) is 0 Å². The minimum Gasteiger partial charge on any atom is -0.406 e. The van der Waals surface area contributed by atoms with E-state index >= 15 is 0 Å². The van der Waals surface area contributed by atoms with Crippen molar-refractivity contribution in [2.45, 2.75) is 39.1 Å². The van der Waals surface area contributed by atoms with Gasteiger partial charge in [-0.1, -0.05) is 18.6 Å². The van der Waals surface area contributed by atoms with E-state index in [0.29, 0.717) is 11.3 Å². The number of anilines is 3. The van der Waals surface area contributed by atoms with Crippen molar-refractivity contribution < 1.29 is 27.1 Å². The first-order valence-electron chi connectivity index (χ1n) is 13.5. The highest BCUT2D eigenvalue weighted by Crippen LogP contribution is 2.28. The van der Waals surface area contributed by atoms with E-state index in [4.69, 9.17) is 0 Å². The minimum absolute atomic E-state index is 0.0698. The van der Waals surface area contributed by atoms with Crippen molar-refractivity contribution in [2.24, 2.45) is 0 Å². The predicted octanol–water partition coefficient (Wildman–Crippen LogP) is 7.47. The van der Waals surface area contributed by atoms with Crippen LogP contribution in [0.4, 0.5) is 34.9 Å². The first-order valence-corrected chi connectivity index (χ1v) is 13.5. The Hall–Kier alpha value is -4.51. The number of hydrogen-bond acceptors (Lipinski definition) is 6. The topological polar surface area (TPSA) is 79.4 Å². The molecule has 2 heterocycles. The summed E-state index contributed by atoms with van der Waals surface area (Å²) in [4.78, 5) is 23.5. The van der Waals surface area contributed by atoms with Gasteiger partial charge in [-0.3, -0.25) is 9.69 Å². The maximum Gasteiger partial charge on any atom is 0.573 e. The van der Waals surface area contributed by atoms with Crippen LogP contribution in [0.1, 0.15) is 40.7 Å². The average Bonchev–Trinajstić information content (AvgIpc) is 2.96. The number of aromatic nitrogens is 2. The molecule has 1 aromatic heterocycles. The van der Waals surface area contributed by atoms with Gasteiger partial charge in [0.05, 0.1) is 6.20 Å². The molecule has 2 N–H and O–H groups in total. The quantitative estimate of drug-likeness (QED) is 0.211. The van der Waals surface area contributed by atoms with Crippen molar-refractivity contribution in [3.63, 3.8) is 0 Å². The Morgan fingerprint density at radius 1 is 0.976 bits per heavy atom. The zero-order valence-electron chi connectivity index (χ0n) is 22.8. The molecule has 42 heavy (non-hydrogen) atoms. The van der Waals surface area contributed by atoms with Crippen molar-refractivity contribution in [3.8, 4) is 17.0 Å². The number of aryl methyl sites for hydroxylation is 1. The lowest BCUT2D eigenvalue weighted by atomic mass is 10.1. The maximum atomic E-state index is 14.4. The number of halogens is 4. The second-order valence-electron chi connectivity index (χ2n) is 10.1. The van der Waals surface area contributed by atoms with Gasteiger partial charge < -0.3 is 15.4 Å². The van der Waals surface area contributed by atoms with Gasteiger partial charge in [0.25, 0.3) is 5.91 Å². The molecule has 0 aliphatic carbocycles. The van der Waals surface area contributed by atoms with Crippen LogP contribution in [0.3, 0.4) is 0 Å². The standard InChI is InChI=1S/C31H29F4N5O2/c1-20-5-6-21(19-40-15-3-2-4-16-40)17-27(20)38-29(41)23-7-11-24(12-8-23)37-30-36-18-26(32)28(39-30)22-9-13-25(14-10-22)42-31(33,34)35/h5-14,17-18H,2-4,15-16,19H2,1H3,(H,38,41)(H,36,37,39). The summed E-state index contributed by atoms with van der Waals surface area (Å²) in [5.41, 5.74) is 4.04. The lowest BCUT2D eigenvalue weighted by Gasteiger charge is -2.26. The fraction of sp³-hybridized carbons (Fsp3) is 0.258. The Morgan fingerprint density at radius 2 is 1.69 bits per heavy atom. The third kappa shape index (κ3) is 7.61. The average molecular weight is 580 g/mol. The number of likely N-dealkylation sites (tertiary alicyclic amines) is 1. The number of carbonyl (C=O) groups excluding carboxylic acids is 1. The van der Waals surface area contributed by atoms with Gasteiger partial charge in [0.2, 0.25) is 5.95 Å². The highest BCUT2D eigenvalue weighted by Gasteiger charge is 2.31. The summed E-state index contributed by atoms with van der Waals surface area (Å²) >= 11 is 0. The third-order valence-corrected chi connectivity index (χ3v) is 6.91. The van der Waals surface area contributed by atoms with E-state index in [2.05, 4.69) is 36.3 Å². The molecular weight excluding hydrogens is 550 g/mol. The Labute approximate surface area is 240 Å². The smallest absolute Gasteiger partial charge is 0.406 e. The van der Waals surface area contributed by atoms with Gasteiger partial charge in [0.1, 0.15) is 11.4 Å². The second-order valence-corrected chi connectivity index (χ2v) is 10.1. The Kier molecular flexibility index (Phi) is 8.67. The van der Waals surface area contributed by atoms with Crippen molar-refractivity contribution in [3.05, 3.63) is 95.4 Å². The molecular formula is C31H29F4N5O2. The summed E-state index contributed by atoms with van der Waals surface area (Å²) in [5, 5.41) is 5.96. The molecule has 1 aliphatic heterocycles. The van der Waals surface area contributed by atoms with Gasteiger partial charge in [0, 0.05) is 29.0 Å². The number of amides is 1. The number of carbonyl (C=O) groups is 1. The number of piperidine rings is 1. The molecule has 3 aromatic carbocycles. The van der Waals surface area contributed by atoms with E-state index in [0.717, 1.165) is 54.8 Å². The van der Waals surface area contributed by atoms with Crippen LogP contribution in [0.2, 0.25) is 0 Å². The third-order valence-electron chi connectivity index (χ3n) is 6.91.